The van der Waals surface area contributed by atoms with E-state index >= 15 is 0 Å². The first-order chi connectivity index (χ1) is 5.68. The summed E-state index contributed by atoms with van der Waals surface area (Å²) in [6.07, 6.45) is 0. The van der Waals surface area contributed by atoms with Crippen LogP contribution in [-0.2, 0) is 0 Å². The Morgan fingerprint density at radius 1 is 1.58 bits per heavy atom. The van der Waals surface area contributed by atoms with E-state index in [1.807, 2.05) is 0 Å². The van der Waals surface area contributed by atoms with Gasteiger partial charge in [0.15, 0.2) is 5.06 Å². The van der Waals surface area contributed by atoms with E-state index < -0.39 is 0 Å². The molecule has 0 bridgehead atoms. The van der Waals surface area contributed by atoms with E-state index in [1.165, 1.54) is 5.56 Å². The molecule has 66 valence electrons. The van der Waals surface area contributed by atoms with Crippen LogP contribution >= 0.6 is 11.3 Å². The monoisotopic (exact) mass is 183 g/mol. The van der Waals surface area contributed by atoms with Crippen LogP contribution in [-0.4, -0.2) is 18.7 Å². The second-order valence-electron chi connectivity index (χ2n) is 3.60. The highest BCUT2D eigenvalue weighted by molar-refractivity contribution is 7.12. The number of aryl methyl sites for hydroxylation is 1. The third kappa shape index (κ3) is 1.47. The van der Waals surface area contributed by atoms with Gasteiger partial charge in [-0.1, -0.05) is 0 Å². The molecule has 0 saturated carbocycles. The molecule has 0 radical (unpaired) electrons. The summed E-state index contributed by atoms with van der Waals surface area (Å²) in [5, 5.41) is 6.36. The quantitative estimate of drug-likeness (QED) is 0.755. The number of ether oxygens (including phenoxy) is 1. The summed E-state index contributed by atoms with van der Waals surface area (Å²) in [5.74, 6) is 0. The molecule has 2 heterocycles. The zero-order valence-corrected chi connectivity index (χ0v) is 8.20. The van der Waals surface area contributed by atoms with Crippen molar-refractivity contribution in [3.05, 3.63) is 17.0 Å². The van der Waals surface area contributed by atoms with Crippen molar-refractivity contribution in [3.63, 3.8) is 0 Å². The summed E-state index contributed by atoms with van der Waals surface area (Å²) in [4.78, 5) is 0. The van der Waals surface area contributed by atoms with Crippen LogP contribution in [0.3, 0.4) is 0 Å². The maximum atomic E-state index is 5.81. The van der Waals surface area contributed by atoms with Crippen molar-refractivity contribution in [3.8, 4) is 5.06 Å². The molecular formula is C9H13NOS. The molecule has 3 heteroatoms. The van der Waals surface area contributed by atoms with Gasteiger partial charge in [0, 0.05) is 13.1 Å². The molecule has 0 spiro atoms. The van der Waals surface area contributed by atoms with Crippen LogP contribution in [0.5, 0.6) is 5.06 Å². The topological polar surface area (TPSA) is 21.3 Å². The van der Waals surface area contributed by atoms with Crippen LogP contribution in [0.25, 0.3) is 0 Å². The van der Waals surface area contributed by atoms with Gasteiger partial charge in [-0.15, -0.1) is 11.3 Å². The van der Waals surface area contributed by atoms with E-state index in [-0.39, 0.29) is 5.60 Å². The van der Waals surface area contributed by atoms with E-state index in [0.29, 0.717) is 0 Å². The molecule has 0 atom stereocenters. The number of nitrogens with one attached hydrogen (secondary N) is 1. The fraction of sp³-hybridized carbons (Fsp3) is 0.556. The Balaban J connectivity index is 2.03. The van der Waals surface area contributed by atoms with Gasteiger partial charge in [0.1, 0.15) is 5.60 Å². The fourth-order valence-electron chi connectivity index (χ4n) is 1.25. The van der Waals surface area contributed by atoms with E-state index in [1.54, 1.807) is 11.3 Å². The van der Waals surface area contributed by atoms with Crippen molar-refractivity contribution < 1.29 is 4.74 Å². The first-order valence-electron chi connectivity index (χ1n) is 4.13. The summed E-state index contributed by atoms with van der Waals surface area (Å²) in [7, 11) is 0. The zero-order chi connectivity index (χ0) is 8.60. The average Bonchev–Trinajstić information content (AvgIpc) is 2.32. The van der Waals surface area contributed by atoms with Gasteiger partial charge in [-0.05, 0) is 30.9 Å². The summed E-state index contributed by atoms with van der Waals surface area (Å²) < 4.78 is 5.81. The Hall–Kier alpha value is -0.540. The molecule has 1 N–H and O–H groups in total. The molecule has 1 aromatic heterocycles. The number of hydrogen-bond donors (Lipinski definition) is 1. The van der Waals surface area contributed by atoms with E-state index in [0.717, 1.165) is 18.2 Å². The highest BCUT2D eigenvalue weighted by Gasteiger charge is 2.34. The zero-order valence-electron chi connectivity index (χ0n) is 7.39. The second-order valence-corrected chi connectivity index (χ2v) is 4.47. The number of hydrogen-bond acceptors (Lipinski definition) is 3. The lowest BCUT2D eigenvalue weighted by molar-refractivity contribution is 0.0386. The van der Waals surface area contributed by atoms with Crippen LogP contribution in [0.15, 0.2) is 11.4 Å². The fourth-order valence-corrected chi connectivity index (χ4v) is 2.12. The Morgan fingerprint density at radius 2 is 2.33 bits per heavy atom. The molecule has 1 saturated heterocycles. The maximum absolute atomic E-state index is 5.81. The lowest BCUT2D eigenvalue weighted by Crippen LogP contribution is -2.60. The summed E-state index contributed by atoms with van der Waals surface area (Å²) >= 11 is 1.68. The predicted octanol–water partition coefficient (Wildman–Crippen LogP) is 1.80. The van der Waals surface area contributed by atoms with Gasteiger partial charge in [0.05, 0.1) is 0 Å². The van der Waals surface area contributed by atoms with Crippen molar-refractivity contribution in [2.24, 2.45) is 0 Å². The van der Waals surface area contributed by atoms with E-state index in [9.17, 15) is 0 Å². The van der Waals surface area contributed by atoms with Gasteiger partial charge in [-0.2, -0.15) is 0 Å². The van der Waals surface area contributed by atoms with Crippen molar-refractivity contribution in [1.82, 2.24) is 5.32 Å². The molecule has 1 aliphatic heterocycles. The molecule has 0 aromatic carbocycles. The van der Waals surface area contributed by atoms with Gasteiger partial charge < -0.3 is 10.1 Å². The van der Waals surface area contributed by atoms with Crippen molar-refractivity contribution >= 4 is 11.3 Å². The lowest BCUT2D eigenvalue weighted by atomic mass is 10.0. The molecule has 1 fully saturated rings. The predicted molar refractivity (Wildman–Crippen MR) is 51.0 cm³/mol. The van der Waals surface area contributed by atoms with Crippen LogP contribution < -0.4 is 10.1 Å². The Kier molecular flexibility index (Phi) is 1.85. The Bertz CT molecular complexity index is 278. The second kappa shape index (κ2) is 2.75. The third-order valence-electron chi connectivity index (χ3n) is 2.05. The van der Waals surface area contributed by atoms with Gasteiger partial charge in [0.25, 0.3) is 0 Å². The van der Waals surface area contributed by atoms with Gasteiger partial charge >= 0.3 is 0 Å². The van der Waals surface area contributed by atoms with Gasteiger partial charge in [-0.25, -0.2) is 0 Å². The number of thiophene rings is 1. The summed E-state index contributed by atoms with van der Waals surface area (Å²) in [6, 6.07) is 2.09. The normalized spacial score (nSPS) is 20.2. The van der Waals surface area contributed by atoms with Crippen LogP contribution in [0.4, 0.5) is 0 Å². The van der Waals surface area contributed by atoms with E-state index in [2.05, 4.69) is 30.6 Å². The molecule has 1 aromatic rings. The SMILES string of the molecule is Cc1csc(OC2(C)CNC2)c1. The molecule has 1 aliphatic rings. The van der Waals surface area contributed by atoms with Gasteiger partial charge in [-0.3, -0.25) is 0 Å². The van der Waals surface area contributed by atoms with Gasteiger partial charge in [0.2, 0.25) is 0 Å². The van der Waals surface area contributed by atoms with E-state index in [4.69, 9.17) is 4.74 Å². The Morgan fingerprint density at radius 3 is 2.75 bits per heavy atom. The summed E-state index contributed by atoms with van der Waals surface area (Å²) in [5.41, 5.74) is 1.32. The maximum Gasteiger partial charge on any atom is 0.174 e. The molecule has 2 nitrogen and oxygen atoms in total. The molecule has 0 unspecified atom stereocenters. The smallest absolute Gasteiger partial charge is 0.174 e. The first kappa shape index (κ1) is 8.08. The standard InChI is InChI=1S/C9H13NOS/c1-7-3-8(12-4-7)11-9(2)5-10-6-9/h3-4,10H,5-6H2,1-2H3. The van der Waals surface area contributed by atoms with Crippen molar-refractivity contribution in [1.29, 1.82) is 0 Å². The van der Waals surface area contributed by atoms with Crippen molar-refractivity contribution in [2.45, 2.75) is 19.4 Å². The molecule has 12 heavy (non-hydrogen) atoms. The Labute approximate surface area is 76.6 Å². The number of rotatable bonds is 2. The molecule has 0 aliphatic carbocycles. The average molecular weight is 183 g/mol. The first-order valence-corrected chi connectivity index (χ1v) is 5.01. The molecular weight excluding hydrogens is 170 g/mol. The largest absolute Gasteiger partial charge is 0.475 e. The van der Waals surface area contributed by atoms with Crippen LogP contribution in [0, 0.1) is 6.92 Å². The lowest BCUT2D eigenvalue weighted by Gasteiger charge is -2.38. The van der Waals surface area contributed by atoms with Crippen molar-refractivity contribution in [2.75, 3.05) is 13.1 Å². The van der Waals surface area contributed by atoms with Crippen LogP contribution in [0.1, 0.15) is 12.5 Å². The highest BCUT2D eigenvalue weighted by Crippen LogP contribution is 2.28. The third-order valence-corrected chi connectivity index (χ3v) is 2.97. The molecule has 2 rings (SSSR count). The minimum absolute atomic E-state index is 0.0390. The minimum Gasteiger partial charge on any atom is -0.475 e. The highest BCUT2D eigenvalue weighted by atomic mass is 32.1. The molecule has 0 amide bonds. The summed E-state index contributed by atoms with van der Waals surface area (Å²) in [6.45, 7) is 6.15. The van der Waals surface area contributed by atoms with Crippen LogP contribution in [0.2, 0.25) is 0 Å². The minimum atomic E-state index is 0.0390.